The molecule has 1 aromatic heterocycles. The number of methoxy groups -OCH3 is 1. The summed E-state index contributed by atoms with van der Waals surface area (Å²) in [4.78, 5) is 25.4. The van der Waals surface area contributed by atoms with E-state index in [2.05, 4.69) is 5.10 Å². The third-order valence-electron chi connectivity index (χ3n) is 3.88. The maximum Gasteiger partial charge on any atom is 0.410 e. The van der Waals surface area contributed by atoms with Gasteiger partial charge in [-0.15, -0.1) is 0 Å². The average molecular weight is 331 g/mol. The highest BCUT2D eigenvalue weighted by atomic mass is 16.6. The number of benzene rings is 1. The van der Waals surface area contributed by atoms with Gasteiger partial charge < -0.3 is 14.4 Å². The molecule has 1 aliphatic rings. The van der Waals surface area contributed by atoms with Crippen molar-refractivity contribution in [2.24, 2.45) is 0 Å². The molecular formula is C17H21N3O4. The summed E-state index contributed by atoms with van der Waals surface area (Å²) in [6.45, 7) is 6.61. The highest BCUT2D eigenvalue weighted by Crippen LogP contribution is 2.27. The quantitative estimate of drug-likeness (QED) is 0.791. The standard InChI is InChI=1S/C17H21N3O4/c1-17(2,3)24-16(22)19-9-13(10-19)20-14-7-11(15(21)23-4)5-6-12(14)8-18-20/h5-8,13H,9-10H2,1-4H3. The number of esters is 1. The Hall–Kier alpha value is -2.57. The van der Waals surface area contributed by atoms with Gasteiger partial charge in [-0.1, -0.05) is 6.07 Å². The number of hydrogen-bond acceptors (Lipinski definition) is 5. The summed E-state index contributed by atoms with van der Waals surface area (Å²) < 4.78 is 12.0. The van der Waals surface area contributed by atoms with Crippen LogP contribution in [0.4, 0.5) is 4.79 Å². The molecule has 0 saturated carbocycles. The maximum absolute atomic E-state index is 12.0. The fourth-order valence-electron chi connectivity index (χ4n) is 2.66. The first-order chi connectivity index (χ1) is 11.3. The molecule has 1 saturated heterocycles. The molecule has 0 aliphatic carbocycles. The Morgan fingerprint density at radius 3 is 2.58 bits per heavy atom. The van der Waals surface area contributed by atoms with Crippen LogP contribution in [-0.2, 0) is 9.47 Å². The number of ether oxygens (including phenoxy) is 2. The normalized spacial score (nSPS) is 15.2. The molecule has 7 nitrogen and oxygen atoms in total. The SMILES string of the molecule is COC(=O)c1ccc2cnn(C3CN(C(=O)OC(C)(C)C)C3)c2c1. The van der Waals surface area contributed by atoms with Crippen LogP contribution in [0.3, 0.4) is 0 Å². The van der Waals surface area contributed by atoms with Crippen molar-refractivity contribution in [2.75, 3.05) is 20.2 Å². The van der Waals surface area contributed by atoms with E-state index < -0.39 is 5.60 Å². The van der Waals surface area contributed by atoms with Gasteiger partial charge in [0.2, 0.25) is 0 Å². The highest BCUT2D eigenvalue weighted by Gasteiger charge is 2.35. The fraction of sp³-hybridized carbons (Fsp3) is 0.471. The molecule has 1 fully saturated rings. The summed E-state index contributed by atoms with van der Waals surface area (Å²) in [6.07, 6.45) is 1.44. The van der Waals surface area contributed by atoms with Gasteiger partial charge in [0, 0.05) is 18.5 Å². The molecule has 1 amide bonds. The van der Waals surface area contributed by atoms with E-state index in [0.717, 1.165) is 10.9 Å². The van der Waals surface area contributed by atoms with E-state index in [0.29, 0.717) is 18.7 Å². The van der Waals surface area contributed by atoms with Gasteiger partial charge in [-0.2, -0.15) is 5.10 Å². The molecule has 1 aromatic carbocycles. The van der Waals surface area contributed by atoms with Crippen LogP contribution in [-0.4, -0.2) is 52.5 Å². The van der Waals surface area contributed by atoms with Gasteiger partial charge in [0.15, 0.2) is 0 Å². The number of aromatic nitrogens is 2. The van der Waals surface area contributed by atoms with E-state index in [1.54, 1.807) is 23.2 Å². The number of hydrogen-bond donors (Lipinski definition) is 0. The van der Waals surface area contributed by atoms with Gasteiger partial charge in [0.05, 0.1) is 30.4 Å². The summed E-state index contributed by atoms with van der Waals surface area (Å²) in [7, 11) is 1.36. The Balaban J connectivity index is 1.75. The second kappa shape index (κ2) is 5.81. The van der Waals surface area contributed by atoms with E-state index in [1.165, 1.54) is 7.11 Å². The smallest absolute Gasteiger partial charge is 0.410 e. The van der Waals surface area contributed by atoms with E-state index in [1.807, 2.05) is 31.5 Å². The van der Waals surface area contributed by atoms with Crippen molar-refractivity contribution >= 4 is 23.0 Å². The van der Waals surface area contributed by atoms with E-state index in [4.69, 9.17) is 9.47 Å². The topological polar surface area (TPSA) is 73.7 Å². The predicted octanol–water partition coefficient (Wildman–Crippen LogP) is 2.61. The molecule has 3 rings (SSSR count). The lowest BCUT2D eigenvalue weighted by Gasteiger charge is -2.39. The second-order valence-electron chi connectivity index (χ2n) is 6.89. The van der Waals surface area contributed by atoms with Gasteiger partial charge in [0.25, 0.3) is 0 Å². The number of carbonyl (C=O) groups is 2. The molecule has 2 heterocycles. The lowest BCUT2D eigenvalue weighted by Crippen LogP contribution is -2.52. The van der Waals surface area contributed by atoms with Crippen LogP contribution in [0.15, 0.2) is 24.4 Å². The van der Waals surface area contributed by atoms with Crippen LogP contribution in [0.25, 0.3) is 10.9 Å². The van der Waals surface area contributed by atoms with Crippen LogP contribution >= 0.6 is 0 Å². The van der Waals surface area contributed by atoms with Gasteiger partial charge in [-0.3, -0.25) is 4.68 Å². The molecule has 0 bridgehead atoms. The summed E-state index contributed by atoms with van der Waals surface area (Å²) >= 11 is 0. The van der Waals surface area contributed by atoms with Crippen molar-refractivity contribution < 1.29 is 19.1 Å². The number of fused-ring (bicyclic) bond motifs is 1. The Labute approximate surface area is 140 Å². The Morgan fingerprint density at radius 2 is 1.96 bits per heavy atom. The van der Waals surface area contributed by atoms with Gasteiger partial charge >= 0.3 is 12.1 Å². The minimum Gasteiger partial charge on any atom is -0.465 e. The zero-order valence-electron chi connectivity index (χ0n) is 14.3. The van der Waals surface area contributed by atoms with E-state index in [9.17, 15) is 9.59 Å². The molecule has 128 valence electrons. The van der Waals surface area contributed by atoms with Crippen LogP contribution in [0.5, 0.6) is 0 Å². The van der Waals surface area contributed by atoms with Crippen LogP contribution < -0.4 is 0 Å². The monoisotopic (exact) mass is 331 g/mol. The molecular weight excluding hydrogens is 310 g/mol. The first-order valence-corrected chi connectivity index (χ1v) is 7.82. The highest BCUT2D eigenvalue weighted by molar-refractivity contribution is 5.94. The minimum atomic E-state index is -0.504. The van der Waals surface area contributed by atoms with Gasteiger partial charge in [0.1, 0.15) is 5.60 Å². The zero-order valence-corrected chi connectivity index (χ0v) is 14.3. The predicted molar refractivity (Wildman–Crippen MR) is 87.9 cm³/mol. The molecule has 7 heteroatoms. The zero-order chi connectivity index (χ0) is 17.5. The van der Waals surface area contributed by atoms with Crippen LogP contribution in [0.2, 0.25) is 0 Å². The van der Waals surface area contributed by atoms with Gasteiger partial charge in [-0.25, -0.2) is 9.59 Å². The summed E-state index contributed by atoms with van der Waals surface area (Å²) in [5.41, 5.74) is 0.831. The van der Waals surface area contributed by atoms with Crippen molar-refractivity contribution in [3.05, 3.63) is 30.0 Å². The van der Waals surface area contributed by atoms with Crippen LogP contribution in [0.1, 0.15) is 37.2 Å². The number of carbonyl (C=O) groups excluding carboxylic acids is 2. The van der Waals surface area contributed by atoms with Crippen molar-refractivity contribution in [1.29, 1.82) is 0 Å². The maximum atomic E-state index is 12.0. The summed E-state index contributed by atoms with van der Waals surface area (Å²) in [5, 5.41) is 5.34. The summed E-state index contributed by atoms with van der Waals surface area (Å²) in [5.74, 6) is -0.381. The number of likely N-dealkylation sites (tertiary alicyclic amines) is 1. The third kappa shape index (κ3) is 3.06. The molecule has 1 aliphatic heterocycles. The largest absolute Gasteiger partial charge is 0.465 e. The van der Waals surface area contributed by atoms with Crippen molar-refractivity contribution in [3.8, 4) is 0 Å². The Morgan fingerprint density at radius 1 is 1.25 bits per heavy atom. The van der Waals surface area contributed by atoms with Crippen molar-refractivity contribution in [2.45, 2.75) is 32.4 Å². The number of rotatable bonds is 2. The Bertz CT molecular complexity index is 785. The molecule has 0 spiro atoms. The molecule has 0 N–H and O–H groups in total. The van der Waals surface area contributed by atoms with Crippen LogP contribution in [0, 0.1) is 0 Å². The summed E-state index contributed by atoms with van der Waals surface area (Å²) in [6, 6.07) is 5.40. The number of nitrogens with zero attached hydrogens (tertiary/aromatic N) is 3. The molecule has 2 aromatic rings. The molecule has 24 heavy (non-hydrogen) atoms. The Kier molecular flexibility index (Phi) is 3.95. The van der Waals surface area contributed by atoms with E-state index >= 15 is 0 Å². The molecule has 0 unspecified atom stereocenters. The average Bonchev–Trinajstić information content (AvgIpc) is 2.86. The minimum absolute atomic E-state index is 0.0721. The van der Waals surface area contributed by atoms with E-state index in [-0.39, 0.29) is 18.1 Å². The first kappa shape index (κ1) is 16.3. The molecule has 0 radical (unpaired) electrons. The lowest BCUT2D eigenvalue weighted by atomic mass is 10.1. The molecule has 0 atom stereocenters. The lowest BCUT2D eigenvalue weighted by molar-refractivity contribution is 0.000155. The number of amides is 1. The third-order valence-corrected chi connectivity index (χ3v) is 3.88. The first-order valence-electron chi connectivity index (χ1n) is 7.82. The van der Waals surface area contributed by atoms with Crippen molar-refractivity contribution in [1.82, 2.24) is 14.7 Å². The van der Waals surface area contributed by atoms with Gasteiger partial charge in [-0.05, 0) is 32.9 Å². The second-order valence-corrected chi connectivity index (χ2v) is 6.89. The van der Waals surface area contributed by atoms with Crippen molar-refractivity contribution in [3.63, 3.8) is 0 Å². The fourth-order valence-corrected chi connectivity index (χ4v) is 2.66.